The summed E-state index contributed by atoms with van der Waals surface area (Å²) in [5.41, 5.74) is 6.37. The van der Waals surface area contributed by atoms with E-state index in [9.17, 15) is 9.59 Å². The first-order chi connectivity index (χ1) is 9.51. The van der Waals surface area contributed by atoms with E-state index in [0.29, 0.717) is 12.0 Å². The third kappa shape index (κ3) is 2.72. The van der Waals surface area contributed by atoms with Gasteiger partial charge in [0.1, 0.15) is 12.1 Å². The number of ether oxygens (including phenoxy) is 1. The van der Waals surface area contributed by atoms with Crippen molar-refractivity contribution >= 4 is 11.9 Å². The van der Waals surface area contributed by atoms with Crippen LogP contribution in [0.25, 0.3) is 0 Å². The topological polar surface area (TPSA) is 81.4 Å². The van der Waals surface area contributed by atoms with Crippen LogP contribution >= 0.6 is 0 Å². The molecule has 2 atom stereocenters. The lowest BCUT2D eigenvalue weighted by molar-refractivity contribution is -0.148. The van der Waals surface area contributed by atoms with Gasteiger partial charge in [-0.15, -0.1) is 6.58 Å². The van der Waals surface area contributed by atoms with Crippen LogP contribution in [0.4, 0.5) is 0 Å². The average molecular weight is 274 g/mol. The van der Waals surface area contributed by atoms with Crippen molar-refractivity contribution in [1.82, 2.24) is 5.32 Å². The first kappa shape index (κ1) is 14.3. The number of benzene rings is 1. The molecule has 1 aromatic carbocycles. The number of nitrogens with two attached hydrogens (primary N) is 1. The second kappa shape index (κ2) is 5.46. The maximum atomic E-state index is 11.8. The summed E-state index contributed by atoms with van der Waals surface area (Å²) in [7, 11) is 1.57. The quantitative estimate of drug-likeness (QED) is 0.620. The van der Waals surface area contributed by atoms with Gasteiger partial charge in [-0.05, 0) is 24.1 Å². The Kier molecular flexibility index (Phi) is 3.90. The van der Waals surface area contributed by atoms with Crippen LogP contribution in [-0.4, -0.2) is 24.5 Å². The van der Waals surface area contributed by atoms with Gasteiger partial charge < -0.3 is 15.8 Å². The van der Waals surface area contributed by atoms with Crippen LogP contribution in [0, 0.1) is 5.92 Å². The van der Waals surface area contributed by atoms with Gasteiger partial charge in [-0.3, -0.25) is 9.59 Å². The predicted octanol–water partition coefficient (Wildman–Crippen LogP) is 0.993. The molecule has 2 rings (SSSR count). The Morgan fingerprint density at radius 1 is 1.50 bits per heavy atom. The third-order valence-corrected chi connectivity index (χ3v) is 3.54. The van der Waals surface area contributed by atoms with E-state index in [4.69, 9.17) is 10.5 Å². The molecular formula is C15H18N2O3. The summed E-state index contributed by atoms with van der Waals surface area (Å²) in [5, 5.41) is 2.54. The lowest BCUT2D eigenvalue weighted by Crippen LogP contribution is -2.36. The molecule has 20 heavy (non-hydrogen) atoms. The van der Waals surface area contributed by atoms with Crippen molar-refractivity contribution in [2.24, 2.45) is 11.7 Å². The first-order valence-electron chi connectivity index (χ1n) is 6.41. The van der Waals surface area contributed by atoms with E-state index in [-0.39, 0.29) is 18.4 Å². The van der Waals surface area contributed by atoms with Gasteiger partial charge in [0.2, 0.25) is 0 Å². The smallest absolute Gasteiger partial charge is 0.327 e. The second-order valence-corrected chi connectivity index (χ2v) is 4.94. The molecule has 106 valence electrons. The summed E-state index contributed by atoms with van der Waals surface area (Å²) in [6, 6.07) is 6.87. The van der Waals surface area contributed by atoms with Gasteiger partial charge in [-0.25, -0.2) is 0 Å². The SMILES string of the molecule is C=C[C@@H]1C[C@]1(N)C(=O)OCc1ccc(C(=O)NC)cc1. The molecule has 0 unspecified atom stereocenters. The van der Waals surface area contributed by atoms with Crippen molar-refractivity contribution < 1.29 is 14.3 Å². The van der Waals surface area contributed by atoms with Crippen molar-refractivity contribution in [2.45, 2.75) is 18.6 Å². The molecule has 1 aliphatic carbocycles. The first-order valence-corrected chi connectivity index (χ1v) is 6.41. The summed E-state index contributed by atoms with van der Waals surface area (Å²) in [6.45, 7) is 3.78. The van der Waals surface area contributed by atoms with E-state index in [1.165, 1.54) is 0 Å². The van der Waals surface area contributed by atoms with Gasteiger partial charge in [0.05, 0.1) is 0 Å². The molecule has 0 heterocycles. The predicted molar refractivity (Wildman–Crippen MR) is 74.9 cm³/mol. The van der Waals surface area contributed by atoms with Crippen molar-refractivity contribution in [3.63, 3.8) is 0 Å². The molecule has 0 bridgehead atoms. The Bertz CT molecular complexity index is 539. The van der Waals surface area contributed by atoms with Crippen LogP contribution < -0.4 is 11.1 Å². The van der Waals surface area contributed by atoms with Crippen molar-refractivity contribution in [2.75, 3.05) is 7.05 Å². The lowest BCUT2D eigenvalue weighted by atomic mass is 10.1. The van der Waals surface area contributed by atoms with Gasteiger partial charge >= 0.3 is 5.97 Å². The molecule has 0 aromatic heterocycles. The lowest BCUT2D eigenvalue weighted by Gasteiger charge is -2.10. The van der Waals surface area contributed by atoms with E-state index < -0.39 is 11.5 Å². The van der Waals surface area contributed by atoms with E-state index in [0.717, 1.165) is 5.56 Å². The van der Waals surface area contributed by atoms with Crippen molar-refractivity contribution in [3.05, 3.63) is 48.0 Å². The molecule has 1 aliphatic rings. The summed E-state index contributed by atoms with van der Waals surface area (Å²) in [4.78, 5) is 23.2. The molecule has 1 saturated carbocycles. The highest BCUT2D eigenvalue weighted by Crippen LogP contribution is 2.42. The molecule has 3 N–H and O–H groups in total. The molecule has 5 nitrogen and oxygen atoms in total. The zero-order chi connectivity index (χ0) is 14.8. The molecule has 0 saturated heterocycles. The molecule has 1 aromatic rings. The fourth-order valence-electron chi connectivity index (χ4n) is 2.01. The van der Waals surface area contributed by atoms with Gasteiger partial charge in [-0.1, -0.05) is 18.2 Å². The molecule has 1 amide bonds. The number of carbonyl (C=O) groups excluding carboxylic acids is 2. The average Bonchev–Trinajstić information content (AvgIpc) is 3.17. The molecule has 0 aliphatic heterocycles. The minimum atomic E-state index is -0.899. The summed E-state index contributed by atoms with van der Waals surface area (Å²) >= 11 is 0. The Morgan fingerprint density at radius 2 is 2.15 bits per heavy atom. The highest BCUT2D eigenvalue weighted by atomic mass is 16.5. The Labute approximate surface area is 117 Å². The number of hydrogen-bond acceptors (Lipinski definition) is 4. The van der Waals surface area contributed by atoms with Gasteiger partial charge in [0, 0.05) is 18.5 Å². The third-order valence-electron chi connectivity index (χ3n) is 3.54. The van der Waals surface area contributed by atoms with Crippen LogP contribution in [0.2, 0.25) is 0 Å². The van der Waals surface area contributed by atoms with Crippen molar-refractivity contribution in [3.8, 4) is 0 Å². The molecule has 5 heteroatoms. The standard InChI is InChI=1S/C15H18N2O3/c1-3-12-8-15(12,16)14(19)20-9-10-4-6-11(7-5-10)13(18)17-2/h3-7,12H,1,8-9,16H2,2H3,(H,17,18)/t12-,15-/m1/s1. The monoisotopic (exact) mass is 274 g/mol. The van der Waals surface area contributed by atoms with Gasteiger partial charge in [0.25, 0.3) is 5.91 Å². The van der Waals surface area contributed by atoms with Crippen LogP contribution in [0.15, 0.2) is 36.9 Å². The fraction of sp³-hybridized carbons (Fsp3) is 0.333. The van der Waals surface area contributed by atoms with Crippen molar-refractivity contribution in [1.29, 1.82) is 0 Å². The number of hydrogen-bond donors (Lipinski definition) is 2. The molecule has 1 fully saturated rings. The molecule has 0 spiro atoms. The number of esters is 1. The normalized spacial score (nSPS) is 23.8. The largest absolute Gasteiger partial charge is 0.459 e. The Morgan fingerprint density at radius 3 is 2.65 bits per heavy atom. The minimum absolute atomic E-state index is 0.00521. The molecule has 0 radical (unpaired) electrons. The van der Waals surface area contributed by atoms with Crippen LogP contribution in [-0.2, 0) is 16.1 Å². The summed E-state index contributed by atoms with van der Waals surface area (Å²) < 4.78 is 5.20. The Balaban J connectivity index is 1.90. The number of rotatable bonds is 5. The highest BCUT2D eigenvalue weighted by molar-refractivity contribution is 5.93. The van der Waals surface area contributed by atoms with E-state index in [1.54, 1.807) is 37.4 Å². The maximum Gasteiger partial charge on any atom is 0.327 e. The van der Waals surface area contributed by atoms with E-state index in [1.807, 2.05) is 0 Å². The summed E-state index contributed by atoms with van der Waals surface area (Å²) in [6.07, 6.45) is 2.27. The zero-order valence-electron chi connectivity index (χ0n) is 11.4. The van der Waals surface area contributed by atoms with E-state index in [2.05, 4.69) is 11.9 Å². The number of carbonyl (C=O) groups is 2. The van der Waals surface area contributed by atoms with Gasteiger partial charge in [0.15, 0.2) is 0 Å². The minimum Gasteiger partial charge on any atom is -0.459 e. The summed E-state index contributed by atoms with van der Waals surface area (Å²) in [5.74, 6) is -0.551. The maximum absolute atomic E-state index is 11.8. The van der Waals surface area contributed by atoms with Gasteiger partial charge in [-0.2, -0.15) is 0 Å². The Hall–Kier alpha value is -2.14. The van der Waals surface area contributed by atoms with Crippen LogP contribution in [0.3, 0.4) is 0 Å². The number of amides is 1. The fourth-order valence-corrected chi connectivity index (χ4v) is 2.01. The zero-order valence-corrected chi connectivity index (χ0v) is 11.4. The van der Waals surface area contributed by atoms with Crippen LogP contribution in [0.5, 0.6) is 0 Å². The highest BCUT2D eigenvalue weighted by Gasteiger charge is 2.56. The van der Waals surface area contributed by atoms with E-state index >= 15 is 0 Å². The van der Waals surface area contributed by atoms with Crippen LogP contribution in [0.1, 0.15) is 22.3 Å². The number of nitrogens with one attached hydrogen (secondary N) is 1. The second-order valence-electron chi connectivity index (χ2n) is 4.94. The molecular weight excluding hydrogens is 256 g/mol.